The van der Waals surface area contributed by atoms with Gasteiger partial charge < -0.3 is 14.9 Å². The van der Waals surface area contributed by atoms with Gasteiger partial charge in [0.25, 0.3) is 5.91 Å². The van der Waals surface area contributed by atoms with Crippen molar-refractivity contribution < 1.29 is 23.1 Å². The van der Waals surface area contributed by atoms with Crippen LogP contribution in [-0.2, 0) is 17.5 Å². The normalized spacial score (nSPS) is 20.3. The van der Waals surface area contributed by atoms with Crippen molar-refractivity contribution >= 4 is 51.4 Å². The molecule has 3 heterocycles. The Kier molecular flexibility index (Phi) is 7.06. The lowest BCUT2D eigenvalue weighted by Crippen LogP contribution is -2.54. The zero-order valence-corrected chi connectivity index (χ0v) is 21.3. The summed E-state index contributed by atoms with van der Waals surface area (Å²) in [5.74, 6) is -0.339. The smallest absolute Gasteiger partial charge is 0.394 e. The van der Waals surface area contributed by atoms with Gasteiger partial charge in [-0.25, -0.2) is 0 Å². The van der Waals surface area contributed by atoms with Crippen LogP contribution < -0.4 is 0 Å². The number of halogens is 4. The predicted octanol–water partition coefficient (Wildman–Crippen LogP) is 4.34. The van der Waals surface area contributed by atoms with E-state index in [9.17, 15) is 23.1 Å². The second-order valence-corrected chi connectivity index (χ2v) is 10.5. The molecule has 0 aliphatic carbocycles. The van der Waals surface area contributed by atoms with Crippen molar-refractivity contribution in [3.8, 4) is 0 Å². The minimum atomic E-state index is -4.53. The van der Waals surface area contributed by atoms with Gasteiger partial charge in [-0.15, -0.1) is 0 Å². The van der Waals surface area contributed by atoms with Crippen molar-refractivity contribution in [3.63, 3.8) is 0 Å². The van der Waals surface area contributed by atoms with Gasteiger partial charge >= 0.3 is 6.18 Å². The van der Waals surface area contributed by atoms with E-state index in [2.05, 4.69) is 15.0 Å². The van der Waals surface area contributed by atoms with Gasteiger partial charge in [-0.2, -0.15) is 23.3 Å². The summed E-state index contributed by atoms with van der Waals surface area (Å²) in [6.07, 6.45) is -1.20. The minimum Gasteiger partial charge on any atom is -0.394 e. The van der Waals surface area contributed by atoms with E-state index in [1.807, 2.05) is 18.0 Å². The van der Waals surface area contributed by atoms with Crippen LogP contribution in [0, 0.1) is 0 Å². The molecule has 0 saturated carbocycles. The molecule has 2 aromatic carbocycles. The van der Waals surface area contributed by atoms with Crippen molar-refractivity contribution in [1.29, 1.82) is 0 Å². The van der Waals surface area contributed by atoms with Crippen LogP contribution in [-0.4, -0.2) is 75.1 Å². The molecule has 0 radical (unpaired) electrons. The molecule has 1 N–H and O–H groups in total. The molecule has 7 nitrogen and oxygen atoms in total. The van der Waals surface area contributed by atoms with Crippen molar-refractivity contribution in [2.24, 2.45) is 4.99 Å². The standard InChI is InChI=1S/C25H23ClF3N5O2S/c1-32-6-7-33(19(13-32)14-35)24-31-23(36)22(37-24)9-15-2-5-21-17(8-15)11-30-34(21)12-16-3-4-18(26)10-20(16)25(27,28)29/h2-5,8-11,19,35H,6-7,12-14H2,1H3. The predicted molar refractivity (Wildman–Crippen MR) is 138 cm³/mol. The second-order valence-electron chi connectivity index (χ2n) is 9.02. The average molecular weight is 550 g/mol. The highest BCUT2D eigenvalue weighted by Crippen LogP contribution is 2.35. The number of alkyl halides is 3. The van der Waals surface area contributed by atoms with Gasteiger partial charge in [0.1, 0.15) is 0 Å². The van der Waals surface area contributed by atoms with Crippen LogP contribution in [0.5, 0.6) is 0 Å². The zero-order valence-electron chi connectivity index (χ0n) is 19.7. The molecule has 1 aromatic heterocycles. The van der Waals surface area contributed by atoms with Gasteiger partial charge in [-0.3, -0.25) is 9.48 Å². The Morgan fingerprint density at radius 3 is 2.78 bits per heavy atom. The Morgan fingerprint density at radius 1 is 1.22 bits per heavy atom. The minimum absolute atomic E-state index is 0.0186. The third-order valence-electron chi connectivity index (χ3n) is 6.41. The van der Waals surface area contributed by atoms with Gasteiger partial charge in [0.15, 0.2) is 5.17 Å². The summed E-state index contributed by atoms with van der Waals surface area (Å²) in [5.41, 5.74) is 0.687. The number of carbonyl (C=O) groups is 1. The molecule has 12 heteroatoms. The highest BCUT2D eigenvalue weighted by Gasteiger charge is 2.34. The summed E-state index contributed by atoms with van der Waals surface area (Å²) in [6, 6.07) is 8.97. The Hall–Kier alpha value is -2.86. The number of amides is 1. The fourth-order valence-electron chi connectivity index (χ4n) is 4.52. The van der Waals surface area contributed by atoms with Crippen molar-refractivity contribution in [3.05, 3.63) is 69.2 Å². The van der Waals surface area contributed by atoms with Crippen molar-refractivity contribution in [2.75, 3.05) is 33.3 Å². The van der Waals surface area contributed by atoms with Crippen LogP contribution in [0.4, 0.5) is 13.2 Å². The first-order valence-electron chi connectivity index (χ1n) is 11.5. The summed E-state index contributed by atoms with van der Waals surface area (Å²) in [7, 11) is 1.99. The van der Waals surface area contributed by atoms with Gasteiger partial charge in [0.2, 0.25) is 0 Å². The molecular formula is C25H23ClF3N5O2S. The van der Waals surface area contributed by atoms with Gasteiger partial charge in [-0.05, 0) is 60.3 Å². The second kappa shape index (κ2) is 10.1. The first-order valence-corrected chi connectivity index (χ1v) is 12.7. The number of aliphatic hydroxyl groups excluding tert-OH is 1. The molecule has 1 unspecified atom stereocenters. The number of piperazine rings is 1. The Labute approximate surface area is 220 Å². The molecule has 1 fully saturated rings. The first kappa shape index (κ1) is 25.8. The van der Waals surface area contributed by atoms with E-state index in [1.165, 1.54) is 28.6 Å². The molecular weight excluding hydrogens is 527 g/mol. The number of rotatable bonds is 4. The number of benzene rings is 2. The van der Waals surface area contributed by atoms with E-state index in [-0.39, 0.29) is 35.7 Å². The van der Waals surface area contributed by atoms with Crippen LogP contribution in [0.2, 0.25) is 5.02 Å². The molecule has 0 spiro atoms. The number of hydrogen-bond donors (Lipinski definition) is 1. The topological polar surface area (TPSA) is 74.0 Å². The van der Waals surface area contributed by atoms with E-state index in [1.54, 1.807) is 24.4 Å². The third-order valence-corrected chi connectivity index (χ3v) is 7.67. The molecule has 2 aliphatic rings. The Balaban J connectivity index is 1.36. The maximum atomic E-state index is 13.5. The largest absolute Gasteiger partial charge is 0.416 e. The number of likely N-dealkylation sites (N-methyl/N-ethyl adjacent to an activating group) is 1. The number of hydrogen-bond acceptors (Lipinski definition) is 6. The molecule has 2 aliphatic heterocycles. The number of aromatic nitrogens is 2. The van der Waals surface area contributed by atoms with Crippen molar-refractivity contribution in [1.82, 2.24) is 19.6 Å². The number of fused-ring (bicyclic) bond motifs is 1. The number of amidine groups is 1. The van der Waals surface area contributed by atoms with Crippen LogP contribution in [0.3, 0.4) is 0 Å². The molecule has 3 aromatic rings. The van der Waals surface area contributed by atoms with Crippen LogP contribution in [0.15, 0.2) is 52.5 Å². The number of aliphatic imine (C=N–C) groups is 1. The van der Waals surface area contributed by atoms with Gasteiger partial charge in [0, 0.05) is 30.0 Å². The third kappa shape index (κ3) is 5.40. The fourth-order valence-corrected chi connectivity index (χ4v) is 5.71. The van der Waals surface area contributed by atoms with Crippen LogP contribution in [0.1, 0.15) is 16.7 Å². The van der Waals surface area contributed by atoms with E-state index >= 15 is 0 Å². The molecule has 1 atom stereocenters. The highest BCUT2D eigenvalue weighted by molar-refractivity contribution is 8.18. The Bertz CT molecular complexity index is 1420. The molecule has 0 bridgehead atoms. The molecule has 5 rings (SSSR count). The van der Waals surface area contributed by atoms with Crippen LogP contribution >= 0.6 is 23.4 Å². The summed E-state index contributed by atoms with van der Waals surface area (Å²) in [6.45, 7) is 2.06. The lowest BCUT2D eigenvalue weighted by atomic mass is 10.1. The van der Waals surface area contributed by atoms with Crippen molar-refractivity contribution in [2.45, 2.75) is 18.8 Å². The van der Waals surface area contributed by atoms with Crippen LogP contribution in [0.25, 0.3) is 17.0 Å². The Morgan fingerprint density at radius 2 is 2.03 bits per heavy atom. The SMILES string of the molecule is CN1CCN(C2=NC(=O)C(=Cc3ccc4c(cnn4Cc4ccc(Cl)cc4C(F)(F)F)c3)S2)C(CO)C1. The molecule has 1 amide bonds. The lowest BCUT2D eigenvalue weighted by molar-refractivity contribution is -0.138. The summed E-state index contributed by atoms with van der Waals surface area (Å²) < 4.78 is 42.0. The molecule has 194 valence electrons. The first-order chi connectivity index (χ1) is 17.6. The summed E-state index contributed by atoms with van der Waals surface area (Å²) in [5, 5.41) is 15.4. The van der Waals surface area contributed by atoms with E-state index in [0.29, 0.717) is 28.7 Å². The van der Waals surface area contributed by atoms with E-state index < -0.39 is 11.7 Å². The number of thioether (sulfide) groups is 1. The van der Waals surface area contributed by atoms with E-state index in [0.717, 1.165) is 23.6 Å². The average Bonchev–Trinajstić information content (AvgIpc) is 3.42. The van der Waals surface area contributed by atoms with E-state index in [4.69, 9.17) is 11.6 Å². The monoisotopic (exact) mass is 549 g/mol. The quantitative estimate of drug-likeness (QED) is 0.488. The van der Waals surface area contributed by atoms with Gasteiger partial charge in [0.05, 0.1) is 41.4 Å². The number of carbonyl (C=O) groups excluding carboxylic acids is 1. The summed E-state index contributed by atoms with van der Waals surface area (Å²) in [4.78, 5) is 21.4. The number of aliphatic hydroxyl groups is 1. The summed E-state index contributed by atoms with van der Waals surface area (Å²) >= 11 is 7.07. The molecule has 37 heavy (non-hydrogen) atoms. The lowest BCUT2D eigenvalue weighted by Gasteiger charge is -2.39. The highest BCUT2D eigenvalue weighted by atomic mass is 35.5. The van der Waals surface area contributed by atoms with Gasteiger partial charge in [-0.1, -0.05) is 23.7 Å². The number of nitrogens with zero attached hydrogens (tertiary/aromatic N) is 5. The molecule has 1 saturated heterocycles. The maximum Gasteiger partial charge on any atom is 0.416 e. The maximum absolute atomic E-state index is 13.5. The fraction of sp³-hybridized carbons (Fsp3) is 0.320. The zero-order chi connectivity index (χ0) is 26.3.